The van der Waals surface area contributed by atoms with Crippen LogP contribution in [0.25, 0.3) is 0 Å². The van der Waals surface area contributed by atoms with Crippen LogP contribution in [0.4, 0.5) is 5.69 Å². The number of aryl methyl sites for hydroxylation is 2. The van der Waals surface area contributed by atoms with Gasteiger partial charge in [-0.05, 0) is 57.5 Å². The lowest BCUT2D eigenvalue weighted by atomic mass is 10.0. The van der Waals surface area contributed by atoms with Crippen molar-refractivity contribution in [2.45, 2.75) is 40.7 Å². The van der Waals surface area contributed by atoms with Gasteiger partial charge in [0.05, 0.1) is 6.04 Å². The monoisotopic (exact) mass is 305 g/mol. The summed E-state index contributed by atoms with van der Waals surface area (Å²) in [6, 6.07) is 7.20. The quantitative estimate of drug-likeness (QED) is 0.802. The fraction of sp³-hybridized carbons (Fsp3) is 0.353. The molecule has 1 atom stereocenters. The average Bonchev–Trinajstić information content (AvgIpc) is 2.65. The number of benzene rings is 1. The molecule has 0 N–H and O–H groups in total. The maximum atomic E-state index is 12.1. The van der Waals surface area contributed by atoms with Crippen LogP contribution in [-0.2, 0) is 4.79 Å². The number of hydrogen-bond acceptors (Lipinski definition) is 2. The summed E-state index contributed by atoms with van der Waals surface area (Å²) >= 11 is 5.93. The maximum absolute atomic E-state index is 12.1. The van der Waals surface area contributed by atoms with Crippen LogP contribution >= 0.6 is 11.6 Å². The molecule has 2 aromatic rings. The first-order valence-corrected chi connectivity index (χ1v) is 7.32. The first-order valence-electron chi connectivity index (χ1n) is 6.94. The normalized spacial score (nSPS) is 12.3. The molecule has 0 radical (unpaired) electrons. The van der Waals surface area contributed by atoms with Crippen LogP contribution in [-0.4, -0.2) is 5.91 Å². The molecule has 21 heavy (non-hydrogen) atoms. The van der Waals surface area contributed by atoms with Gasteiger partial charge in [-0.2, -0.15) is 0 Å². The van der Waals surface area contributed by atoms with Gasteiger partial charge < -0.3 is 9.32 Å². The second-order valence-electron chi connectivity index (χ2n) is 5.29. The van der Waals surface area contributed by atoms with Crippen molar-refractivity contribution in [2.24, 2.45) is 0 Å². The summed E-state index contributed by atoms with van der Waals surface area (Å²) < 4.78 is 5.69. The summed E-state index contributed by atoms with van der Waals surface area (Å²) in [5, 5.41) is 0.654. The smallest absolute Gasteiger partial charge is 0.224 e. The van der Waals surface area contributed by atoms with Gasteiger partial charge in [-0.15, -0.1) is 0 Å². The molecule has 0 aliphatic carbocycles. The lowest BCUT2D eigenvalue weighted by Crippen LogP contribution is -2.31. The van der Waals surface area contributed by atoms with E-state index >= 15 is 0 Å². The van der Waals surface area contributed by atoms with Crippen molar-refractivity contribution < 1.29 is 9.21 Å². The first-order chi connectivity index (χ1) is 9.82. The molecular formula is C17H20ClNO2. The minimum Gasteiger partial charge on any atom is -0.466 e. The molecule has 0 fully saturated rings. The Bertz CT molecular complexity index is 658. The predicted molar refractivity (Wildman–Crippen MR) is 85.9 cm³/mol. The molecule has 1 heterocycles. The Morgan fingerprint density at radius 1 is 1.14 bits per heavy atom. The molecule has 1 aromatic heterocycles. The number of rotatable bonds is 3. The Labute approximate surface area is 130 Å². The summed E-state index contributed by atoms with van der Waals surface area (Å²) in [6.45, 7) is 9.49. The van der Waals surface area contributed by atoms with Gasteiger partial charge in [0.2, 0.25) is 5.91 Å². The minimum absolute atomic E-state index is 0.0116. The Kier molecular flexibility index (Phi) is 4.43. The molecule has 0 spiro atoms. The third-order valence-electron chi connectivity index (χ3n) is 3.87. The molecule has 0 aliphatic rings. The predicted octanol–water partition coefficient (Wildman–Crippen LogP) is 4.97. The van der Waals surface area contributed by atoms with Crippen LogP contribution in [0.2, 0.25) is 5.02 Å². The highest BCUT2D eigenvalue weighted by molar-refractivity contribution is 6.30. The van der Waals surface area contributed by atoms with E-state index in [4.69, 9.17) is 16.0 Å². The highest BCUT2D eigenvalue weighted by atomic mass is 35.5. The second-order valence-corrected chi connectivity index (χ2v) is 5.73. The van der Waals surface area contributed by atoms with Crippen molar-refractivity contribution in [3.05, 3.63) is 51.9 Å². The molecule has 0 aliphatic heterocycles. The van der Waals surface area contributed by atoms with Crippen molar-refractivity contribution in [2.75, 3.05) is 4.90 Å². The van der Waals surface area contributed by atoms with Gasteiger partial charge in [0.15, 0.2) is 0 Å². The van der Waals surface area contributed by atoms with E-state index < -0.39 is 0 Å². The van der Waals surface area contributed by atoms with E-state index in [1.54, 1.807) is 24.0 Å². The van der Waals surface area contributed by atoms with E-state index in [-0.39, 0.29) is 11.9 Å². The number of hydrogen-bond donors (Lipinski definition) is 0. The van der Waals surface area contributed by atoms with E-state index in [0.717, 1.165) is 28.3 Å². The number of nitrogens with zero attached hydrogens (tertiary/aromatic N) is 1. The van der Waals surface area contributed by atoms with Crippen molar-refractivity contribution in [3.8, 4) is 0 Å². The molecule has 3 nitrogen and oxygen atoms in total. The number of carbonyl (C=O) groups is 1. The number of furan rings is 1. The van der Waals surface area contributed by atoms with Crippen molar-refractivity contribution in [3.63, 3.8) is 0 Å². The summed E-state index contributed by atoms with van der Waals surface area (Å²) in [6.07, 6.45) is 0. The van der Waals surface area contributed by atoms with Crippen LogP contribution < -0.4 is 4.90 Å². The van der Waals surface area contributed by atoms with Crippen molar-refractivity contribution in [1.29, 1.82) is 0 Å². The molecule has 1 aromatic carbocycles. The molecule has 2 rings (SSSR count). The number of halogens is 1. The zero-order chi connectivity index (χ0) is 15.7. The number of amides is 1. The van der Waals surface area contributed by atoms with Crippen LogP contribution in [0.3, 0.4) is 0 Å². The van der Waals surface area contributed by atoms with Gasteiger partial charge in [-0.25, -0.2) is 0 Å². The fourth-order valence-electron chi connectivity index (χ4n) is 2.83. The van der Waals surface area contributed by atoms with E-state index in [9.17, 15) is 4.79 Å². The van der Waals surface area contributed by atoms with Gasteiger partial charge in [0.25, 0.3) is 0 Å². The third-order valence-corrected chi connectivity index (χ3v) is 4.12. The summed E-state index contributed by atoms with van der Waals surface area (Å²) in [5.41, 5.74) is 3.00. The first kappa shape index (κ1) is 15.6. The minimum atomic E-state index is -0.0962. The topological polar surface area (TPSA) is 33.5 Å². The number of carbonyl (C=O) groups excluding carboxylic acids is 1. The van der Waals surface area contributed by atoms with Crippen LogP contribution in [0.5, 0.6) is 0 Å². The molecule has 1 amide bonds. The second kappa shape index (κ2) is 5.94. The summed E-state index contributed by atoms with van der Waals surface area (Å²) in [5.74, 6) is 1.74. The van der Waals surface area contributed by atoms with Crippen molar-refractivity contribution >= 4 is 23.2 Å². The number of anilines is 1. The summed E-state index contributed by atoms with van der Waals surface area (Å²) in [7, 11) is 0. The molecule has 0 saturated heterocycles. The Morgan fingerprint density at radius 3 is 2.14 bits per heavy atom. The van der Waals surface area contributed by atoms with E-state index in [0.29, 0.717) is 5.02 Å². The van der Waals surface area contributed by atoms with Gasteiger partial charge in [0, 0.05) is 23.2 Å². The molecule has 112 valence electrons. The molecule has 0 saturated carbocycles. The highest BCUT2D eigenvalue weighted by Crippen LogP contribution is 2.34. The summed E-state index contributed by atoms with van der Waals surface area (Å²) in [4.78, 5) is 13.9. The third kappa shape index (κ3) is 2.98. The molecule has 0 bridgehead atoms. The van der Waals surface area contributed by atoms with Gasteiger partial charge >= 0.3 is 0 Å². The lowest BCUT2D eigenvalue weighted by Gasteiger charge is -2.29. The zero-order valence-electron chi connectivity index (χ0n) is 13.0. The average molecular weight is 306 g/mol. The van der Waals surface area contributed by atoms with Gasteiger partial charge in [0.1, 0.15) is 11.5 Å². The van der Waals surface area contributed by atoms with Crippen LogP contribution in [0.15, 0.2) is 28.7 Å². The SMILES string of the molecule is CC(=O)N(c1ccc(Cl)cc1)C(C)c1c(C)oc(C)c1C. The fourth-order valence-corrected chi connectivity index (χ4v) is 2.96. The molecular weight excluding hydrogens is 286 g/mol. The van der Waals surface area contributed by atoms with Gasteiger partial charge in [-0.1, -0.05) is 11.6 Å². The van der Waals surface area contributed by atoms with E-state index in [1.807, 2.05) is 39.8 Å². The Hall–Kier alpha value is -1.74. The molecule has 1 unspecified atom stereocenters. The Morgan fingerprint density at radius 2 is 1.71 bits per heavy atom. The zero-order valence-corrected chi connectivity index (χ0v) is 13.8. The molecule has 4 heteroatoms. The van der Waals surface area contributed by atoms with Crippen LogP contribution in [0, 0.1) is 20.8 Å². The van der Waals surface area contributed by atoms with Gasteiger partial charge in [-0.3, -0.25) is 4.79 Å². The Balaban J connectivity index is 2.47. The standard InChI is InChI=1S/C17H20ClNO2/c1-10-12(3)21-13(4)17(10)11(2)19(14(5)20)16-8-6-15(18)7-9-16/h6-9,11H,1-5H3. The van der Waals surface area contributed by atoms with E-state index in [1.165, 1.54) is 0 Å². The van der Waals surface area contributed by atoms with E-state index in [2.05, 4.69) is 0 Å². The maximum Gasteiger partial charge on any atom is 0.224 e. The van der Waals surface area contributed by atoms with Crippen molar-refractivity contribution in [1.82, 2.24) is 0 Å². The largest absolute Gasteiger partial charge is 0.466 e. The van der Waals surface area contributed by atoms with Crippen LogP contribution in [0.1, 0.15) is 42.5 Å². The lowest BCUT2D eigenvalue weighted by molar-refractivity contribution is -0.117. The highest BCUT2D eigenvalue weighted by Gasteiger charge is 2.26.